The Bertz CT molecular complexity index is 588. The fourth-order valence-electron chi connectivity index (χ4n) is 1.79. The molecule has 0 aliphatic carbocycles. The first kappa shape index (κ1) is 10.6. The molecule has 2 aromatic rings. The molecule has 3 nitrogen and oxygen atoms in total. The van der Waals surface area contributed by atoms with Gasteiger partial charge in [-0.15, -0.1) is 0 Å². The summed E-state index contributed by atoms with van der Waals surface area (Å²) in [5, 5.41) is 9.89. The van der Waals surface area contributed by atoms with Crippen molar-refractivity contribution in [2.45, 2.75) is 20.8 Å². The standard InChI is InChI=1S/C13H13NO2/c1-7-4-5-10-6-11(13(15)16)9(3)14-12(10)8(7)2/h4-6H,1-3H3,(H,15,16). The molecule has 0 aliphatic heterocycles. The second-order valence-electron chi connectivity index (χ2n) is 4.01. The van der Waals surface area contributed by atoms with E-state index in [4.69, 9.17) is 5.11 Å². The molecule has 2 rings (SSSR count). The molecule has 0 bridgehead atoms. The van der Waals surface area contributed by atoms with E-state index < -0.39 is 5.97 Å². The number of rotatable bonds is 1. The van der Waals surface area contributed by atoms with Crippen LogP contribution in [0.1, 0.15) is 27.2 Å². The highest BCUT2D eigenvalue weighted by Crippen LogP contribution is 2.22. The van der Waals surface area contributed by atoms with E-state index in [0.717, 1.165) is 16.5 Å². The monoisotopic (exact) mass is 215 g/mol. The van der Waals surface area contributed by atoms with Crippen LogP contribution in [0, 0.1) is 20.8 Å². The SMILES string of the molecule is Cc1ccc2cc(C(=O)O)c(C)nc2c1C. The molecular weight excluding hydrogens is 202 g/mol. The summed E-state index contributed by atoms with van der Waals surface area (Å²) in [4.78, 5) is 15.4. The Morgan fingerprint density at radius 3 is 2.56 bits per heavy atom. The van der Waals surface area contributed by atoms with E-state index in [9.17, 15) is 4.79 Å². The number of aromatic nitrogens is 1. The van der Waals surface area contributed by atoms with Crippen LogP contribution in [-0.4, -0.2) is 16.1 Å². The minimum absolute atomic E-state index is 0.274. The van der Waals surface area contributed by atoms with Crippen LogP contribution >= 0.6 is 0 Å². The summed E-state index contributed by atoms with van der Waals surface area (Å²) in [6, 6.07) is 5.59. The number of fused-ring (bicyclic) bond motifs is 1. The van der Waals surface area contributed by atoms with E-state index >= 15 is 0 Å². The van der Waals surface area contributed by atoms with Gasteiger partial charge in [0.05, 0.1) is 16.8 Å². The molecule has 1 N–H and O–H groups in total. The lowest BCUT2D eigenvalue weighted by Gasteiger charge is -2.07. The van der Waals surface area contributed by atoms with Crippen LogP contribution in [0.25, 0.3) is 10.9 Å². The molecule has 3 heteroatoms. The zero-order valence-electron chi connectivity index (χ0n) is 9.53. The number of carboxylic acids is 1. The molecule has 0 saturated heterocycles. The fourth-order valence-corrected chi connectivity index (χ4v) is 1.79. The van der Waals surface area contributed by atoms with Gasteiger partial charge in [-0.2, -0.15) is 0 Å². The summed E-state index contributed by atoms with van der Waals surface area (Å²) in [6.07, 6.45) is 0. The molecule has 0 fully saturated rings. The van der Waals surface area contributed by atoms with Crippen molar-refractivity contribution in [2.24, 2.45) is 0 Å². The molecule has 1 aromatic heterocycles. The van der Waals surface area contributed by atoms with E-state index in [1.807, 2.05) is 26.0 Å². The molecule has 0 aliphatic rings. The zero-order chi connectivity index (χ0) is 11.9. The largest absolute Gasteiger partial charge is 0.478 e. The molecule has 1 aromatic carbocycles. The number of hydrogen-bond donors (Lipinski definition) is 1. The summed E-state index contributed by atoms with van der Waals surface area (Å²) in [6.45, 7) is 5.76. The van der Waals surface area contributed by atoms with Crippen molar-refractivity contribution >= 4 is 16.9 Å². The van der Waals surface area contributed by atoms with Gasteiger partial charge in [-0.3, -0.25) is 4.98 Å². The fraction of sp³-hybridized carbons (Fsp3) is 0.231. The highest BCUT2D eigenvalue weighted by Gasteiger charge is 2.11. The van der Waals surface area contributed by atoms with Gasteiger partial charge in [-0.1, -0.05) is 12.1 Å². The molecule has 1 heterocycles. The van der Waals surface area contributed by atoms with Crippen molar-refractivity contribution in [2.75, 3.05) is 0 Å². The van der Waals surface area contributed by atoms with Crippen molar-refractivity contribution in [3.8, 4) is 0 Å². The summed E-state index contributed by atoms with van der Waals surface area (Å²) in [7, 11) is 0. The van der Waals surface area contributed by atoms with Gasteiger partial charge in [0.1, 0.15) is 0 Å². The van der Waals surface area contributed by atoms with E-state index in [0.29, 0.717) is 5.69 Å². The van der Waals surface area contributed by atoms with Gasteiger partial charge in [0.15, 0.2) is 0 Å². The number of carbonyl (C=O) groups is 1. The van der Waals surface area contributed by atoms with Crippen LogP contribution in [0.2, 0.25) is 0 Å². The van der Waals surface area contributed by atoms with Gasteiger partial charge in [-0.05, 0) is 38.0 Å². The average molecular weight is 215 g/mol. The van der Waals surface area contributed by atoms with Crippen molar-refractivity contribution in [1.29, 1.82) is 0 Å². The zero-order valence-corrected chi connectivity index (χ0v) is 9.53. The first-order chi connectivity index (χ1) is 7.50. The molecule has 0 unspecified atom stereocenters. The van der Waals surface area contributed by atoms with Gasteiger partial charge in [0.25, 0.3) is 0 Å². The Kier molecular flexibility index (Phi) is 2.38. The van der Waals surface area contributed by atoms with Crippen molar-refractivity contribution < 1.29 is 9.90 Å². The van der Waals surface area contributed by atoms with Crippen molar-refractivity contribution in [3.05, 3.63) is 40.6 Å². The maximum absolute atomic E-state index is 11.0. The number of carboxylic acid groups (broad SMARTS) is 1. The lowest BCUT2D eigenvalue weighted by molar-refractivity contribution is 0.0696. The summed E-state index contributed by atoms with van der Waals surface area (Å²) in [5.74, 6) is -0.926. The number of hydrogen-bond acceptors (Lipinski definition) is 2. The van der Waals surface area contributed by atoms with Crippen molar-refractivity contribution in [3.63, 3.8) is 0 Å². The molecule has 0 saturated carbocycles. The topological polar surface area (TPSA) is 50.2 Å². The third-order valence-electron chi connectivity index (χ3n) is 2.93. The van der Waals surface area contributed by atoms with Gasteiger partial charge in [0.2, 0.25) is 0 Å². The average Bonchev–Trinajstić information content (AvgIpc) is 2.23. The number of aryl methyl sites for hydroxylation is 3. The summed E-state index contributed by atoms with van der Waals surface area (Å²) in [5.41, 5.74) is 4.01. The predicted octanol–water partition coefficient (Wildman–Crippen LogP) is 2.86. The molecular formula is C13H13NO2. The van der Waals surface area contributed by atoms with E-state index in [2.05, 4.69) is 4.98 Å². The van der Waals surface area contributed by atoms with Gasteiger partial charge < -0.3 is 5.11 Å². The van der Waals surface area contributed by atoms with Gasteiger partial charge in [0, 0.05) is 5.39 Å². The number of nitrogens with zero attached hydrogens (tertiary/aromatic N) is 1. The molecule has 16 heavy (non-hydrogen) atoms. The van der Waals surface area contributed by atoms with Crippen LogP contribution in [0.5, 0.6) is 0 Å². The van der Waals surface area contributed by atoms with Crippen LogP contribution in [-0.2, 0) is 0 Å². The Morgan fingerprint density at radius 1 is 1.25 bits per heavy atom. The Morgan fingerprint density at radius 2 is 1.94 bits per heavy atom. The minimum Gasteiger partial charge on any atom is -0.478 e. The molecule has 0 spiro atoms. The second-order valence-corrected chi connectivity index (χ2v) is 4.01. The van der Waals surface area contributed by atoms with Crippen molar-refractivity contribution in [1.82, 2.24) is 4.98 Å². The third kappa shape index (κ3) is 1.54. The highest BCUT2D eigenvalue weighted by molar-refractivity contribution is 5.94. The quantitative estimate of drug-likeness (QED) is 0.795. The molecule has 0 atom stereocenters. The maximum atomic E-state index is 11.0. The van der Waals surface area contributed by atoms with Crippen LogP contribution in [0.15, 0.2) is 18.2 Å². The van der Waals surface area contributed by atoms with Gasteiger partial charge >= 0.3 is 5.97 Å². The first-order valence-corrected chi connectivity index (χ1v) is 5.11. The number of pyridine rings is 1. The highest BCUT2D eigenvalue weighted by atomic mass is 16.4. The van der Waals surface area contributed by atoms with Crippen LogP contribution < -0.4 is 0 Å². The Labute approximate surface area is 93.7 Å². The Hall–Kier alpha value is -1.90. The lowest BCUT2D eigenvalue weighted by atomic mass is 10.0. The normalized spacial score (nSPS) is 10.7. The number of aromatic carboxylic acids is 1. The number of benzene rings is 1. The Balaban J connectivity index is 2.84. The lowest BCUT2D eigenvalue weighted by Crippen LogP contribution is -2.02. The maximum Gasteiger partial charge on any atom is 0.337 e. The molecule has 0 amide bonds. The summed E-state index contributed by atoms with van der Waals surface area (Å²) >= 11 is 0. The van der Waals surface area contributed by atoms with Crippen LogP contribution in [0.3, 0.4) is 0 Å². The molecule has 0 radical (unpaired) electrons. The van der Waals surface area contributed by atoms with E-state index in [1.165, 1.54) is 5.56 Å². The van der Waals surface area contributed by atoms with E-state index in [1.54, 1.807) is 13.0 Å². The first-order valence-electron chi connectivity index (χ1n) is 5.11. The minimum atomic E-state index is -0.926. The van der Waals surface area contributed by atoms with E-state index in [-0.39, 0.29) is 5.56 Å². The second kappa shape index (κ2) is 3.59. The van der Waals surface area contributed by atoms with Crippen LogP contribution in [0.4, 0.5) is 0 Å². The third-order valence-corrected chi connectivity index (χ3v) is 2.93. The molecule has 82 valence electrons. The van der Waals surface area contributed by atoms with Gasteiger partial charge in [-0.25, -0.2) is 4.79 Å². The smallest absolute Gasteiger partial charge is 0.337 e. The summed E-state index contributed by atoms with van der Waals surface area (Å²) < 4.78 is 0. The predicted molar refractivity (Wildman–Crippen MR) is 62.9 cm³/mol.